The van der Waals surface area contributed by atoms with Crippen molar-refractivity contribution in [3.05, 3.63) is 54.9 Å². The van der Waals surface area contributed by atoms with Gasteiger partial charge in [0.2, 0.25) is 5.52 Å². The van der Waals surface area contributed by atoms with E-state index in [-0.39, 0.29) is 17.0 Å². The van der Waals surface area contributed by atoms with Gasteiger partial charge in [-0.05, 0) is 23.6 Å². The summed E-state index contributed by atoms with van der Waals surface area (Å²) < 4.78 is 13.0. The molecule has 5 heteroatoms. The molecule has 4 aromatic rings. The van der Waals surface area contributed by atoms with Gasteiger partial charge in [0.25, 0.3) is 0 Å². The van der Waals surface area contributed by atoms with Gasteiger partial charge in [0.15, 0.2) is 23.9 Å². The van der Waals surface area contributed by atoms with Crippen LogP contribution in [-0.2, 0) is 0 Å². The molecule has 0 fully saturated rings. The van der Waals surface area contributed by atoms with Crippen molar-refractivity contribution in [2.75, 3.05) is 20.0 Å². The summed E-state index contributed by atoms with van der Waals surface area (Å²) in [6, 6.07) is 14.2. The number of rotatable bonds is 2. The number of pyridine rings is 2. The fourth-order valence-electron chi connectivity index (χ4n) is 3.20. The van der Waals surface area contributed by atoms with Crippen molar-refractivity contribution < 1.29 is 30.9 Å². The molecule has 0 spiro atoms. The smallest absolute Gasteiger partial charge is 0.242 e. The summed E-state index contributed by atoms with van der Waals surface area (Å²) in [6.45, 7) is 0. The van der Waals surface area contributed by atoms with Crippen molar-refractivity contribution in [3.8, 4) is 11.5 Å². The van der Waals surface area contributed by atoms with Crippen LogP contribution >= 0.6 is 0 Å². The fraction of sp³-hybridized carbons (Fsp3) is 0.105. The summed E-state index contributed by atoms with van der Waals surface area (Å²) in [7, 11) is 3.28. The second-order valence-electron chi connectivity index (χ2n) is 5.46. The number of hydrogen-bond acceptors (Lipinski definition) is 3. The van der Waals surface area contributed by atoms with Crippen molar-refractivity contribution in [1.29, 1.82) is 0 Å². The van der Waals surface area contributed by atoms with Crippen LogP contribution in [0.3, 0.4) is 0 Å². The van der Waals surface area contributed by atoms with Crippen LogP contribution in [0.15, 0.2) is 54.9 Å². The number of nitrogen functional groups attached to an aromatic ring is 1. The van der Waals surface area contributed by atoms with E-state index in [0.717, 1.165) is 27.4 Å². The Bertz CT molecular complexity index is 1060. The molecule has 4 nitrogen and oxygen atoms in total. The van der Waals surface area contributed by atoms with Gasteiger partial charge >= 0.3 is 0 Å². The van der Waals surface area contributed by atoms with E-state index in [2.05, 4.69) is 18.2 Å². The van der Waals surface area contributed by atoms with E-state index in [9.17, 15) is 0 Å². The lowest BCUT2D eigenvalue weighted by atomic mass is 10.0. The Labute approximate surface area is 150 Å². The van der Waals surface area contributed by atoms with E-state index in [1.54, 1.807) is 14.2 Å². The Morgan fingerprint density at radius 1 is 0.875 bits per heavy atom. The number of hydrogen-bond donors (Lipinski definition) is 1. The standard InChI is InChI=1S/C19H17N2O2.BrH/c1-22-16-8-7-14-15(19(16)23-2)11-21-10-9-12-5-3-4-6-13(12)18(21)17(14)20;/h3-11H,20H2,1-2H3;1H/q+1;/p-1. The first kappa shape index (κ1) is 16.3. The Hall–Kier alpha value is -2.53. The normalized spacial score (nSPS) is 10.8. The maximum Gasteiger partial charge on any atom is 0.242 e. The number of benzene rings is 2. The lowest BCUT2D eigenvalue weighted by Gasteiger charge is -2.11. The zero-order valence-electron chi connectivity index (χ0n) is 13.4. The quantitative estimate of drug-likeness (QED) is 0.308. The van der Waals surface area contributed by atoms with Crippen LogP contribution in [0.5, 0.6) is 11.5 Å². The number of methoxy groups -OCH3 is 2. The summed E-state index contributed by atoms with van der Waals surface area (Å²) in [5.41, 5.74) is 8.26. The average molecular weight is 385 g/mol. The van der Waals surface area contributed by atoms with Gasteiger partial charge in [0, 0.05) is 11.5 Å². The number of nitrogens with two attached hydrogens (primary N) is 1. The molecule has 0 amide bonds. The third kappa shape index (κ3) is 2.24. The van der Waals surface area contributed by atoms with Gasteiger partial charge in [-0.15, -0.1) is 0 Å². The van der Waals surface area contributed by atoms with Gasteiger partial charge in [-0.1, -0.05) is 18.2 Å². The minimum atomic E-state index is 0. The van der Waals surface area contributed by atoms with Crippen LogP contribution in [0.2, 0.25) is 0 Å². The van der Waals surface area contributed by atoms with E-state index in [1.165, 1.54) is 5.39 Å². The third-order valence-corrected chi connectivity index (χ3v) is 4.29. The van der Waals surface area contributed by atoms with Crippen molar-refractivity contribution >= 4 is 32.7 Å². The largest absolute Gasteiger partial charge is 1.00 e. The summed E-state index contributed by atoms with van der Waals surface area (Å²) in [5, 5.41) is 4.18. The van der Waals surface area contributed by atoms with Crippen LogP contribution in [-0.4, -0.2) is 14.2 Å². The molecule has 0 saturated heterocycles. The van der Waals surface area contributed by atoms with E-state index >= 15 is 0 Å². The maximum atomic E-state index is 6.52. The highest BCUT2D eigenvalue weighted by atomic mass is 79.9. The lowest BCUT2D eigenvalue weighted by Crippen LogP contribution is -3.00. The Kier molecular flexibility index (Phi) is 4.20. The molecule has 2 aromatic heterocycles. The molecule has 0 saturated carbocycles. The zero-order valence-corrected chi connectivity index (χ0v) is 15.0. The number of anilines is 1. The van der Waals surface area contributed by atoms with Crippen molar-refractivity contribution in [3.63, 3.8) is 0 Å². The SMILES string of the molecule is COc1ccc2c(N)c3c4ccccc4cc[n+]3cc2c1OC.[Br-]. The Morgan fingerprint density at radius 2 is 1.67 bits per heavy atom. The summed E-state index contributed by atoms with van der Waals surface area (Å²) >= 11 is 0. The van der Waals surface area contributed by atoms with Crippen LogP contribution in [0.4, 0.5) is 5.69 Å². The van der Waals surface area contributed by atoms with Gasteiger partial charge in [-0.2, -0.15) is 4.40 Å². The molecular formula is C19H17BrN2O2. The maximum absolute atomic E-state index is 6.52. The van der Waals surface area contributed by atoms with Crippen LogP contribution in [0, 0.1) is 0 Å². The molecule has 2 aromatic carbocycles. The van der Waals surface area contributed by atoms with Gasteiger partial charge in [-0.25, -0.2) is 0 Å². The number of halogens is 1. The highest BCUT2D eigenvalue weighted by Crippen LogP contribution is 2.38. The molecule has 2 heterocycles. The molecule has 0 atom stereocenters. The van der Waals surface area contributed by atoms with E-state index < -0.39 is 0 Å². The molecule has 0 unspecified atom stereocenters. The molecule has 122 valence electrons. The van der Waals surface area contributed by atoms with E-state index in [0.29, 0.717) is 11.5 Å². The summed E-state index contributed by atoms with van der Waals surface area (Å²) in [4.78, 5) is 0. The number of ether oxygens (including phenoxy) is 2. The van der Waals surface area contributed by atoms with Gasteiger partial charge in [-0.3, -0.25) is 0 Å². The van der Waals surface area contributed by atoms with E-state index in [1.807, 2.05) is 41.1 Å². The number of aromatic nitrogens is 1. The summed E-state index contributed by atoms with van der Waals surface area (Å²) in [5.74, 6) is 1.39. The third-order valence-electron chi connectivity index (χ3n) is 4.29. The lowest BCUT2D eigenvalue weighted by molar-refractivity contribution is -0.508. The first-order chi connectivity index (χ1) is 11.2. The second-order valence-corrected chi connectivity index (χ2v) is 5.46. The van der Waals surface area contributed by atoms with Gasteiger partial charge in [0.1, 0.15) is 5.69 Å². The van der Waals surface area contributed by atoms with Crippen molar-refractivity contribution in [2.24, 2.45) is 0 Å². The van der Waals surface area contributed by atoms with Crippen LogP contribution in [0.1, 0.15) is 0 Å². The summed E-state index contributed by atoms with van der Waals surface area (Å²) in [6.07, 6.45) is 4.06. The second kappa shape index (κ2) is 6.17. The predicted octanol–water partition coefficient (Wildman–Crippen LogP) is 0.335. The number of nitrogens with zero attached hydrogens (tertiary/aromatic N) is 1. The molecule has 4 rings (SSSR count). The Balaban J connectivity index is 0.00000169. The first-order valence-electron chi connectivity index (χ1n) is 7.40. The van der Waals surface area contributed by atoms with Gasteiger partial charge < -0.3 is 32.2 Å². The van der Waals surface area contributed by atoms with E-state index in [4.69, 9.17) is 15.2 Å². The Morgan fingerprint density at radius 3 is 2.42 bits per heavy atom. The molecule has 0 aliphatic heterocycles. The number of fused-ring (bicyclic) bond motifs is 4. The zero-order chi connectivity index (χ0) is 16.0. The fourth-order valence-corrected chi connectivity index (χ4v) is 3.20. The molecular weight excluding hydrogens is 368 g/mol. The molecule has 0 aliphatic carbocycles. The minimum Gasteiger partial charge on any atom is -1.00 e. The van der Waals surface area contributed by atoms with Crippen LogP contribution in [0.25, 0.3) is 27.1 Å². The molecule has 0 bridgehead atoms. The predicted molar refractivity (Wildman–Crippen MR) is 92.1 cm³/mol. The molecule has 2 N–H and O–H groups in total. The highest BCUT2D eigenvalue weighted by Gasteiger charge is 2.19. The van der Waals surface area contributed by atoms with Crippen molar-refractivity contribution in [1.82, 2.24) is 0 Å². The topological polar surface area (TPSA) is 48.6 Å². The minimum absolute atomic E-state index is 0. The molecule has 0 aliphatic rings. The molecule has 24 heavy (non-hydrogen) atoms. The molecule has 0 radical (unpaired) electrons. The highest BCUT2D eigenvalue weighted by molar-refractivity contribution is 6.08. The van der Waals surface area contributed by atoms with Gasteiger partial charge in [0.05, 0.1) is 25.0 Å². The average Bonchev–Trinajstić information content (AvgIpc) is 2.60. The first-order valence-corrected chi connectivity index (χ1v) is 7.40. The monoisotopic (exact) mass is 384 g/mol. The van der Waals surface area contributed by atoms with Crippen LogP contribution < -0.4 is 36.6 Å². The van der Waals surface area contributed by atoms with Crippen molar-refractivity contribution in [2.45, 2.75) is 0 Å².